The van der Waals surface area contributed by atoms with Crippen LogP contribution in [0.3, 0.4) is 0 Å². The van der Waals surface area contributed by atoms with Gasteiger partial charge >= 0.3 is 0 Å². The first kappa shape index (κ1) is 25.2. The normalized spacial score (nSPS) is 21.3. The van der Waals surface area contributed by atoms with Crippen molar-refractivity contribution in [2.24, 2.45) is 0 Å². The molecule has 2 aromatic rings. The summed E-state index contributed by atoms with van der Waals surface area (Å²) in [5.74, 6) is 0.823. The number of aliphatic hydroxyl groups is 1. The van der Waals surface area contributed by atoms with Gasteiger partial charge in [-0.25, -0.2) is 0 Å². The monoisotopic (exact) mass is 494 g/mol. The molecule has 5 rings (SSSR count). The van der Waals surface area contributed by atoms with Gasteiger partial charge in [-0.15, -0.1) is 0 Å². The summed E-state index contributed by atoms with van der Waals surface area (Å²) in [5.41, 5.74) is 4.18. The Labute approximate surface area is 213 Å². The molecule has 1 N–H and O–H groups in total. The van der Waals surface area contributed by atoms with Crippen LogP contribution in [0.4, 0.5) is 0 Å². The molecule has 0 aromatic heterocycles. The van der Waals surface area contributed by atoms with Crippen molar-refractivity contribution in [3.8, 4) is 5.75 Å². The molecule has 2 fully saturated rings. The summed E-state index contributed by atoms with van der Waals surface area (Å²) in [6, 6.07) is 15.0. The third-order valence-corrected chi connectivity index (χ3v) is 7.55. The summed E-state index contributed by atoms with van der Waals surface area (Å²) in [4.78, 5) is 17.6. The molecule has 0 saturated carbocycles. The fraction of sp³-hybridized carbons (Fsp3) is 0.552. The second-order valence-electron chi connectivity index (χ2n) is 10.1. The summed E-state index contributed by atoms with van der Waals surface area (Å²) < 4.78 is 17.7. The maximum atomic E-state index is 13.2. The van der Waals surface area contributed by atoms with E-state index in [-0.39, 0.29) is 12.0 Å². The van der Waals surface area contributed by atoms with Gasteiger partial charge in [0.1, 0.15) is 12.4 Å². The van der Waals surface area contributed by atoms with Gasteiger partial charge in [0.2, 0.25) is 0 Å². The van der Waals surface area contributed by atoms with Gasteiger partial charge < -0.3 is 24.2 Å². The lowest BCUT2D eigenvalue weighted by molar-refractivity contribution is 0.0133. The molecule has 0 aliphatic carbocycles. The molecule has 3 aliphatic rings. The van der Waals surface area contributed by atoms with Crippen molar-refractivity contribution in [1.29, 1.82) is 0 Å². The quantitative estimate of drug-likeness (QED) is 0.691. The van der Waals surface area contributed by atoms with Crippen LogP contribution in [-0.4, -0.2) is 85.6 Å². The van der Waals surface area contributed by atoms with E-state index < -0.39 is 0 Å². The molecule has 2 aromatic carbocycles. The fourth-order valence-corrected chi connectivity index (χ4v) is 5.47. The van der Waals surface area contributed by atoms with E-state index in [1.54, 1.807) is 0 Å². The number of carbonyl (C=O) groups is 1. The summed E-state index contributed by atoms with van der Waals surface area (Å²) in [6.45, 7) is 6.30. The van der Waals surface area contributed by atoms with Gasteiger partial charge in [0.05, 0.1) is 19.3 Å². The number of ether oxygens (including phenoxy) is 3. The van der Waals surface area contributed by atoms with Crippen molar-refractivity contribution < 1.29 is 24.1 Å². The largest absolute Gasteiger partial charge is 0.491 e. The highest BCUT2D eigenvalue weighted by Crippen LogP contribution is 2.26. The van der Waals surface area contributed by atoms with E-state index in [9.17, 15) is 9.90 Å². The number of hydrogen-bond acceptors (Lipinski definition) is 6. The van der Waals surface area contributed by atoms with Gasteiger partial charge in [0, 0.05) is 57.4 Å². The van der Waals surface area contributed by atoms with Crippen molar-refractivity contribution in [2.75, 3.05) is 52.7 Å². The van der Waals surface area contributed by atoms with Crippen molar-refractivity contribution in [3.63, 3.8) is 0 Å². The van der Waals surface area contributed by atoms with Crippen molar-refractivity contribution in [1.82, 2.24) is 9.80 Å². The van der Waals surface area contributed by atoms with E-state index in [0.717, 1.165) is 50.5 Å². The van der Waals surface area contributed by atoms with Crippen LogP contribution in [0.25, 0.3) is 0 Å². The number of rotatable bonds is 2. The Morgan fingerprint density at radius 1 is 0.833 bits per heavy atom. The summed E-state index contributed by atoms with van der Waals surface area (Å²) in [6.07, 6.45) is 3.78. The van der Waals surface area contributed by atoms with Crippen LogP contribution < -0.4 is 4.74 Å². The number of carbonyl (C=O) groups excluding carboxylic acids is 1. The molecular weight excluding hydrogens is 456 g/mol. The second kappa shape index (κ2) is 12.2. The molecule has 2 saturated heterocycles. The lowest BCUT2D eigenvalue weighted by Crippen LogP contribution is -2.41. The zero-order valence-electron chi connectivity index (χ0n) is 21.1. The summed E-state index contributed by atoms with van der Waals surface area (Å²) in [7, 11) is 0. The van der Waals surface area contributed by atoms with Crippen LogP contribution in [0.15, 0.2) is 42.5 Å². The molecule has 2 bridgehead atoms. The van der Waals surface area contributed by atoms with Crippen molar-refractivity contribution in [2.45, 2.75) is 50.8 Å². The number of piperidine rings is 1. The molecule has 1 amide bonds. The highest BCUT2D eigenvalue weighted by molar-refractivity contribution is 5.94. The number of fused-ring (bicyclic) bond motifs is 3. The second-order valence-corrected chi connectivity index (χ2v) is 10.1. The van der Waals surface area contributed by atoms with E-state index in [4.69, 9.17) is 14.2 Å². The van der Waals surface area contributed by atoms with E-state index in [1.807, 2.05) is 23.1 Å². The first-order chi connectivity index (χ1) is 17.7. The van der Waals surface area contributed by atoms with Gasteiger partial charge in [0.25, 0.3) is 5.91 Å². The lowest BCUT2D eigenvalue weighted by Gasteiger charge is -2.34. The van der Waals surface area contributed by atoms with Gasteiger partial charge in [0.15, 0.2) is 0 Å². The molecule has 36 heavy (non-hydrogen) atoms. The zero-order chi connectivity index (χ0) is 24.7. The number of nitrogens with zero attached hydrogens (tertiary/aromatic N) is 2. The number of amides is 1. The lowest BCUT2D eigenvalue weighted by atomic mass is 9.98. The average molecular weight is 495 g/mol. The number of likely N-dealkylation sites (tertiary alicyclic amines) is 1. The van der Waals surface area contributed by atoms with Crippen LogP contribution in [0.2, 0.25) is 0 Å². The molecule has 194 valence electrons. The van der Waals surface area contributed by atoms with Crippen LogP contribution in [0.5, 0.6) is 5.75 Å². The van der Waals surface area contributed by atoms with Gasteiger partial charge in [-0.1, -0.05) is 24.3 Å². The fourth-order valence-electron chi connectivity index (χ4n) is 5.47. The summed E-state index contributed by atoms with van der Waals surface area (Å²) in [5, 5.41) is 9.81. The third kappa shape index (κ3) is 6.45. The van der Waals surface area contributed by atoms with Crippen LogP contribution in [0, 0.1) is 0 Å². The predicted octanol–water partition coefficient (Wildman–Crippen LogP) is 3.26. The SMILES string of the molecule is O=C(c1ccc2c(c1)Cc1cccc(c1)CN(C1CCOCC1)CCOCCO2)N1CCC(O)CC1. The summed E-state index contributed by atoms with van der Waals surface area (Å²) >= 11 is 0. The van der Waals surface area contributed by atoms with E-state index in [1.165, 1.54) is 11.1 Å². The van der Waals surface area contributed by atoms with Gasteiger partial charge in [-0.3, -0.25) is 9.69 Å². The maximum absolute atomic E-state index is 13.2. The number of hydrogen-bond donors (Lipinski definition) is 1. The molecule has 7 heteroatoms. The molecule has 7 nitrogen and oxygen atoms in total. The Morgan fingerprint density at radius 2 is 1.61 bits per heavy atom. The molecular formula is C29H38N2O5. The molecule has 0 radical (unpaired) electrons. The minimum absolute atomic E-state index is 0.0216. The van der Waals surface area contributed by atoms with Crippen LogP contribution >= 0.6 is 0 Å². The van der Waals surface area contributed by atoms with Gasteiger partial charge in [-0.05, 0) is 60.6 Å². The maximum Gasteiger partial charge on any atom is 0.253 e. The first-order valence-electron chi connectivity index (χ1n) is 13.4. The highest BCUT2D eigenvalue weighted by atomic mass is 16.5. The molecule has 0 spiro atoms. The zero-order valence-corrected chi connectivity index (χ0v) is 21.1. The smallest absolute Gasteiger partial charge is 0.253 e. The Kier molecular flexibility index (Phi) is 8.54. The molecule has 3 aliphatic heterocycles. The third-order valence-electron chi connectivity index (χ3n) is 7.55. The topological polar surface area (TPSA) is 71.5 Å². The molecule has 3 heterocycles. The van der Waals surface area contributed by atoms with Crippen LogP contribution in [0.1, 0.15) is 52.7 Å². The minimum atomic E-state index is -0.302. The van der Waals surface area contributed by atoms with Crippen molar-refractivity contribution >= 4 is 5.91 Å². The minimum Gasteiger partial charge on any atom is -0.491 e. The average Bonchev–Trinajstić information content (AvgIpc) is 2.91. The Balaban J connectivity index is 1.38. The van der Waals surface area contributed by atoms with Gasteiger partial charge in [-0.2, -0.15) is 0 Å². The van der Waals surface area contributed by atoms with E-state index in [2.05, 4.69) is 29.2 Å². The standard InChI is InChI=1S/C29H38N2O5/c32-27-6-10-30(11-7-27)29(33)24-4-5-28-25(20-24)19-22-2-1-3-23(18-22)21-31(12-15-35-16-17-36-28)26-8-13-34-14-9-26/h1-5,18,20,26-27,32H,6-17,19,21H2. The molecule has 0 atom stereocenters. The Hall–Kier alpha value is -2.45. The van der Waals surface area contributed by atoms with E-state index >= 15 is 0 Å². The predicted molar refractivity (Wildman–Crippen MR) is 137 cm³/mol. The van der Waals surface area contributed by atoms with Crippen LogP contribution in [-0.2, 0) is 22.4 Å². The first-order valence-corrected chi connectivity index (χ1v) is 13.4. The highest BCUT2D eigenvalue weighted by Gasteiger charge is 2.24. The van der Waals surface area contributed by atoms with Crippen molar-refractivity contribution in [3.05, 3.63) is 64.7 Å². The number of aliphatic hydroxyl groups excluding tert-OH is 1. The molecule has 0 unspecified atom stereocenters. The number of benzene rings is 2. The Morgan fingerprint density at radius 3 is 2.44 bits per heavy atom. The Bertz CT molecular complexity index is 1010. The van der Waals surface area contributed by atoms with E-state index in [0.29, 0.717) is 63.8 Å².